The van der Waals surface area contributed by atoms with E-state index in [4.69, 9.17) is 0 Å². The zero-order valence-corrected chi connectivity index (χ0v) is 12.8. The van der Waals surface area contributed by atoms with Crippen LogP contribution in [0.25, 0.3) is 0 Å². The van der Waals surface area contributed by atoms with Crippen LogP contribution in [0.5, 0.6) is 0 Å². The molecule has 1 aromatic rings. The minimum absolute atomic E-state index is 0.343. The Kier molecular flexibility index (Phi) is 6.12. The molecule has 0 saturated carbocycles. The highest BCUT2D eigenvalue weighted by Gasteiger charge is 2.19. The van der Waals surface area contributed by atoms with E-state index in [-0.39, 0.29) is 6.61 Å². The first-order chi connectivity index (χ1) is 9.22. The molecule has 0 aliphatic rings. The average molecular weight is 321 g/mol. The minimum Gasteiger partial charge on any atom is -0.395 e. The number of aliphatic hydroxyl groups is 1. The summed E-state index contributed by atoms with van der Waals surface area (Å²) in [5.41, 5.74) is 0.886. The van der Waals surface area contributed by atoms with Gasteiger partial charge in [-0.3, -0.25) is 0 Å². The highest BCUT2D eigenvalue weighted by Crippen LogP contribution is 2.04. The number of aliphatic hydroxyl groups excluding tert-OH is 1. The van der Waals surface area contributed by atoms with Crippen LogP contribution < -0.4 is 4.72 Å². The van der Waals surface area contributed by atoms with Crippen LogP contribution >= 0.6 is 0 Å². The van der Waals surface area contributed by atoms with Gasteiger partial charge < -0.3 is 5.11 Å². The molecule has 8 heteroatoms. The molecule has 1 aromatic carbocycles. The van der Waals surface area contributed by atoms with Gasteiger partial charge in [0.25, 0.3) is 0 Å². The number of benzene rings is 1. The van der Waals surface area contributed by atoms with Crippen molar-refractivity contribution in [1.82, 2.24) is 4.72 Å². The number of sulfonamides is 1. The summed E-state index contributed by atoms with van der Waals surface area (Å²) in [5.74, 6) is -0.942. The lowest BCUT2D eigenvalue weighted by atomic mass is 10.1. The molecule has 0 amide bonds. The number of nitrogens with one attached hydrogen (secondary N) is 1. The molecule has 0 aliphatic heterocycles. The van der Waals surface area contributed by atoms with Crippen LogP contribution in [-0.4, -0.2) is 52.4 Å². The molecule has 0 heterocycles. The standard InChI is InChI=1S/C12H19NO5S2/c1-19(15,16)7-8-20(17,18)13-12(10-14)9-11-5-3-2-4-6-11/h2-6,12-14H,7-10H2,1H3. The first-order valence-electron chi connectivity index (χ1n) is 6.04. The van der Waals surface area contributed by atoms with Gasteiger partial charge >= 0.3 is 0 Å². The summed E-state index contributed by atoms with van der Waals surface area (Å²) in [6.45, 7) is -0.354. The first kappa shape index (κ1) is 17.1. The lowest BCUT2D eigenvalue weighted by molar-refractivity contribution is 0.256. The van der Waals surface area contributed by atoms with E-state index in [1.807, 2.05) is 30.3 Å². The lowest BCUT2D eigenvalue weighted by Crippen LogP contribution is -2.41. The first-order valence-corrected chi connectivity index (χ1v) is 9.75. The molecule has 6 nitrogen and oxygen atoms in total. The third kappa shape index (κ3) is 6.99. The number of hydrogen-bond acceptors (Lipinski definition) is 5. The Morgan fingerprint density at radius 2 is 1.70 bits per heavy atom. The van der Waals surface area contributed by atoms with Crippen LogP contribution in [-0.2, 0) is 26.3 Å². The molecule has 0 aromatic heterocycles. The van der Waals surface area contributed by atoms with Crippen LogP contribution in [0.2, 0.25) is 0 Å². The van der Waals surface area contributed by atoms with E-state index >= 15 is 0 Å². The molecule has 0 saturated heterocycles. The van der Waals surface area contributed by atoms with Crippen LogP contribution in [0.1, 0.15) is 5.56 Å². The highest BCUT2D eigenvalue weighted by atomic mass is 32.2. The summed E-state index contributed by atoms with van der Waals surface area (Å²) in [6.07, 6.45) is 1.32. The van der Waals surface area contributed by atoms with Crippen molar-refractivity contribution in [2.24, 2.45) is 0 Å². The SMILES string of the molecule is CS(=O)(=O)CCS(=O)(=O)NC(CO)Cc1ccccc1. The van der Waals surface area contributed by atoms with Crippen molar-refractivity contribution in [3.8, 4) is 0 Å². The second-order valence-corrected chi connectivity index (χ2v) is 8.77. The predicted molar refractivity (Wildman–Crippen MR) is 77.7 cm³/mol. The second-order valence-electron chi connectivity index (χ2n) is 4.64. The molecular formula is C12H19NO5S2. The maximum Gasteiger partial charge on any atom is 0.212 e. The third-order valence-electron chi connectivity index (χ3n) is 2.61. The number of hydrogen-bond donors (Lipinski definition) is 2. The smallest absolute Gasteiger partial charge is 0.212 e. The Balaban J connectivity index is 2.63. The van der Waals surface area contributed by atoms with Gasteiger partial charge in [-0.15, -0.1) is 0 Å². The van der Waals surface area contributed by atoms with Crippen molar-refractivity contribution < 1.29 is 21.9 Å². The quantitative estimate of drug-likeness (QED) is 0.676. The normalized spacial score (nSPS) is 14.1. The molecule has 0 spiro atoms. The van der Waals surface area contributed by atoms with E-state index in [2.05, 4.69) is 4.72 Å². The molecule has 1 atom stereocenters. The van der Waals surface area contributed by atoms with Gasteiger partial charge in [-0.05, 0) is 12.0 Å². The van der Waals surface area contributed by atoms with Gasteiger partial charge in [0.15, 0.2) is 0 Å². The Morgan fingerprint density at radius 1 is 1.10 bits per heavy atom. The Labute approximate surface area is 119 Å². The van der Waals surface area contributed by atoms with Crippen LogP contribution in [0, 0.1) is 0 Å². The fraction of sp³-hybridized carbons (Fsp3) is 0.500. The van der Waals surface area contributed by atoms with Crippen molar-refractivity contribution >= 4 is 19.9 Å². The summed E-state index contributed by atoms with van der Waals surface area (Å²) in [4.78, 5) is 0. The van der Waals surface area contributed by atoms with Gasteiger partial charge in [-0.25, -0.2) is 21.6 Å². The van der Waals surface area contributed by atoms with Crippen molar-refractivity contribution in [2.75, 3.05) is 24.4 Å². The summed E-state index contributed by atoms with van der Waals surface area (Å²) in [6, 6.07) is 8.47. The van der Waals surface area contributed by atoms with Gasteiger partial charge in [-0.1, -0.05) is 30.3 Å². The topological polar surface area (TPSA) is 101 Å². The fourth-order valence-corrected chi connectivity index (χ4v) is 4.49. The van der Waals surface area contributed by atoms with Crippen molar-refractivity contribution in [1.29, 1.82) is 0 Å². The Bertz CT molecular complexity index is 611. The summed E-state index contributed by atoms with van der Waals surface area (Å²) < 4.78 is 47.8. The molecular weight excluding hydrogens is 302 g/mol. The number of sulfone groups is 1. The minimum atomic E-state index is -3.74. The summed E-state index contributed by atoms with van der Waals surface area (Å²) in [5, 5.41) is 9.23. The molecule has 0 bridgehead atoms. The van der Waals surface area contributed by atoms with E-state index < -0.39 is 37.4 Å². The predicted octanol–water partition coefficient (Wildman–Crippen LogP) is -0.446. The molecule has 114 valence electrons. The Hall–Kier alpha value is -0.960. The van der Waals surface area contributed by atoms with Gasteiger partial charge in [0.1, 0.15) is 9.84 Å². The fourth-order valence-electron chi connectivity index (χ4n) is 1.62. The third-order valence-corrected chi connectivity index (χ3v) is 5.25. The average Bonchev–Trinajstić information content (AvgIpc) is 2.36. The van der Waals surface area contributed by atoms with E-state index in [0.29, 0.717) is 6.42 Å². The molecule has 1 unspecified atom stereocenters. The van der Waals surface area contributed by atoms with Crippen molar-refractivity contribution in [2.45, 2.75) is 12.5 Å². The molecule has 0 fully saturated rings. The van der Waals surface area contributed by atoms with E-state index in [1.54, 1.807) is 0 Å². The zero-order chi connectivity index (χ0) is 15.2. The lowest BCUT2D eigenvalue weighted by Gasteiger charge is -2.16. The molecule has 0 radical (unpaired) electrons. The van der Waals surface area contributed by atoms with Gasteiger partial charge in [-0.2, -0.15) is 0 Å². The maximum atomic E-state index is 11.8. The van der Waals surface area contributed by atoms with Crippen LogP contribution in [0.4, 0.5) is 0 Å². The van der Waals surface area contributed by atoms with E-state index in [0.717, 1.165) is 11.8 Å². The van der Waals surface area contributed by atoms with E-state index in [9.17, 15) is 21.9 Å². The van der Waals surface area contributed by atoms with Crippen molar-refractivity contribution in [3.05, 3.63) is 35.9 Å². The molecule has 2 N–H and O–H groups in total. The van der Waals surface area contributed by atoms with Crippen molar-refractivity contribution in [3.63, 3.8) is 0 Å². The molecule has 0 aliphatic carbocycles. The summed E-state index contributed by atoms with van der Waals surface area (Å²) >= 11 is 0. The second kappa shape index (κ2) is 7.16. The largest absolute Gasteiger partial charge is 0.395 e. The molecule has 20 heavy (non-hydrogen) atoms. The Morgan fingerprint density at radius 3 is 2.20 bits per heavy atom. The summed E-state index contributed by atoms with van der Waals surface area (Å²) in [7, 11) is -7.08. The van der Waals surface area contributed by atoms with Crippen LogP contribution in [0.15, 0.2) is 30.3 Å². The molecule has 1 rings (SSSR count). The number of rotatable bonds is 8. The van der Waals surface area contributed by atoms with Gasteiger partial charge in [0, 0.05) is 12.3 Å². The van der Waals surface area contributed by atoms with E-state index in [1.165, 1.54) is 0 Å². The van der Waals surface area contributed by atoms with Gasteiger partial charge in [0.05, 0.1) is 18.1 Å². The van der Waals surface area contributed by atoms with Crippen LogP contribution in [0.3, 0.4) is 0 Å². The monoisotopic (exact) mass is 321 g/mol. The zero-order valence-electron chi connectivity index (χ0n) is 11.2. The maximum absolute atomic E-state index is 11.8. The van der Waals surface area contributed by atoms with Gasteiger partial charge in [0.2, 0.25) is 10.0 Å². The highest BCUT2D eigenvalue weighted by molar-refractivity contribution is 7.93.